The molecular formula is C8H14N2OS. The Bertz CT molecular complexity index is 201. The minimum Gasteiger partial charge on any atom is -0.380 e. The second kappa shape index (κ2) is 5.24. The molecule has 0 amide bonds. The van der Waals surface area contributed by atoms with Crippen molar-refractivity contribution in [2.45, 2.75) is 13.0 Å². The zero-order valence-corrected chi connectivity index (χ0v) is 8.23. The first-order chi connectivity index (χ1) is 5.88. The Kier molecular flexibility index (Phi) is 4.21. The first kappa shape index (κ1) is 9.64. The van der Waals surface area contributed by atoms with Crippen LogP contribution in [-0.2, 0) is 4.74 Å². The third-order valence-electron chi connectivity index (χ3n) is 1.65. The van der Waals surface area contributed by atoms with Gasteiger partial charge in [0.15, 0.2) is 0 Å². The number of hydrogen-bond donors (Lipinski definition) is 1. The molecule has 68 valence electrons. The van der Waals surface area contributed by atoms with Crippen LogP contribution in [0.5, 0.6) is 0 Å². The molecule has 0 aliphatic carbocycles. The van der Waals surface area contributed by atoms with E-state index in [1.54, 1.807) is 11.3 Å². The monoisotopic (exact) mass is 186 g/mol. The van der Waals surface area contributed by atoms with Gasteiger partial charge in [0.05, 0.1) is 23.9 Å². The van der Waals surface area contributed by atoms with Crippen LogP contribution in [0.15, 0.2) is 10.9 Å². The summed E-state index contributed by atoms with van der Waals surface area (Å²) >= 11 is 1.61. The van der Waals surface area contributed by atoms with Crippen molar-refractivity contribution < 1.29 is 4.74 Å². The van der Waals surface area contributed by atoms with Crippen LogP contribution in [-0.4, -0.2) is 25.2 Å². The normalized spacial score (nSPS) is 13.2. The van der Waals surface area contributed by atoms with E-state index in [0.717, 1.165) is 12.3 Å². The number of nitrogens with one attached hydrogen (secondary N) is 1. The molecule has 1 rings (SSSR count). The van der Waals surface area contributed by atoms with E-state index >= 15 is 0 Å². The fourth-order valence-electron chi connectivity index (χ4n) is 0.946. The molecule has 1 unspecified atom stereocenters. The summed E-state index contributed by atoms with van der Waals surface area (Å²) in [5.41, 5.74) is 2.90. The fourth-order valence-corrected chi connectivity index (χ4v) is 1.55. The Labute approximate surface area is 76.8 Å². The molecule has 12 heavy (non-hydrogen) atoms. The van der Waals surface area contributed by atoms with Gasteiger partial charge in [-0.25, -0.2) is 4.98 Å². The third-order valence-corrected chi connectivity index (χ3v) is 2.25. The molecule has 0 spiro atoms. The largest absolute Gasteiger partial charge is 0.380 e. The predicted molar refractivity (Wildman–Crippen MR) is 50.4 cm³/mol. The van der Waals surface area contributed by atoms with E-state index in [1.807, 2.05) is 24.9 Å². The van der Waals surface area contributed by atoms with Gasteiger partial charge in [0, 0.05) is 12.0 Å². The summed E-state index contributed by atoms with van der Waals surface area (Å²) in [6.07, 6.45) is 0. The highest BCUT2D eigenvalue weighted by Crippen LogP contribution is 2.12. The van der Waals surface area contributed by atoms with Crippen molar-refractivity contribution >= 4 is 11.3 Å². The molecule has 0 aromatic carbocycles. The quantitative estimate of drug-likeness (QED) is 0.755. The number of likely N-dealkylation sites (N-methyl/N-ethyl adjacent to an activating group) is 1. The van der Waals surface area contributed by atoms with E-state index in [4.69, 9.17) is 4.74 Å². The highest BCUT2D eigenvalue weighted by molar-refractivity contribution is 7.07. The predicted octanol–water partition coefficient (Wildman–Crippen LogP) is 1.44. The first-order valence-electron chi connectivity index (χ1n) is 4.01. The lowest BCUT2D eigenvalue weighted by Gasteiger charge is -2.12. The number of thiazole rings is 1. The second-order valence-corrected chi connectivity index (χ2v) is 3.13. The maximum Gasteiger partial charge on any atom is 0.0795 e. The van der Waals surface area contributed by atoms with Crippen molar-refractivity contribution in [3.8, 4) is 0 Å². The summed E-state index contributed by atoms with van der Waals surface area (Å²) in [4.78, 5) is 4.22. The minimum absolute atomic E-state index is 0.233. The Hall–Kier alpha value is -0.450. The van der Waals surface area contributed by atoms with Crippen molar-refractivity contribution in [1.82, 2.24) is 10.3 Å². The Balaban J connectivity index is 2.45. The van der Waals surface area contributed by atoms with E-state index in [1.165, 1.54) is 0 Å². The molecule has 1 aromatic heterocycles. The lowest BCUT2D eigenvalue weighted by molar-refractivity contribution is 0.124. The number of rotatable bonds is 5. The zero-order valence-electron chi connectivity index (χ0n) is 7.41. The Morgan fingerprint density at radius 2 is 2.58 bits per heavy atom. The molecule has 0 saturated heterocycles. The molecule has 0 bridgehead atoms. The molecular weight excluding hydrogens is 172 g/mol. The van der Waals surface area contributed by atoms with Crippen molar-refractivity contribution in [2.75, 3.05) is 20.3 Å². The lowest BCUT2D eigenvalue weighted by Crippen LogP contribution is -2.22. The average molecular weight is 186 g/mol. The zero-order chi connectivity index (χ0) is 8.81. The van der Waals surface area contributed by atoms with E-state index in [0.29, 0.717) is 6.61 Å². The maximum atomic E-state index is 5.31. The molecule has 0 radical (unpaired) electrons. The summed E-state index contributed by atoms with van der Waals surface area (Å²) in [5.74, 6) is 0. The van der Waals surface area contributed by atoms with Crippen LogP contribution in [0.2, 0.25) is 0 Å². The van der Waals surface area contributed by atoms with Crippen molar-refractivity contribution in [2.24, 2.45) is 0 Å². The van der Waals surface area contributed by atoms with Gasteiger partial charge in [-0.05, 0) is 14.0 Å². The van der Waals surface area contributed by atoms with Crippen LogP contribution >= 0.6 is 11.3 Å². The Morgan fingerprint density at radius 1 is 1.75 bits per heavy atom. The number of nitrogens with zero attached hydrogens (tertiary/aromatic N) is 1. The van der Waals surface area contributed by atoms with Gasteiger partial charge < -0.3 is 10.1 Å². The SMILES string of the molecule is CCOCC(NC)c1cscn1. The van der Waals surface area contributed by atoms with Crippen LogP contribution in [0.25, 0.3) is 0 Å². The van der Waals surface area contributed by atoms with Gasteiger partial charge in [0.1, 0.15) is 0 Å². The maximum absolute atomic E-state index is 5.31. The van der Waals surface area contributed by atoms with Gasteiger partial charge in [-0.3, -0.25) is 0 Å². The minimum atomic E-state index is 0.233. The molecule has 3 nitrogen and oxygen atoms in total. The van der Waals surface area contributed by atoms with E-state index in [2.05, 4.69) is 10.3 Å². The van der Waals surface area contributed by atoms with Gasteiger partial charge in [0.25, 0.3) is 0 Å². The van der Waals surface area contributed by atoms with Crippen LogP contribution < -0.4 is 5.32 Å². The molecule has 1 atom stereocenters. The lowest BCUT2D eigenvalue weighted by atomic mass is 10.2. The summed E-state index contributed by atoms with van der Waals surface area (Å²) in [6, 6.07) is 0.233. The van der Waals surface area contributed by atoms with Crippen LogP contribution in [0, 0.1) is 0 Å². The van der Waals surface area contributed by atoms with E-state index < -0.39 is 0 Å². The Morgan fingerprint density at radius 3 is 3.08 bits per heavy atom. The van der Waals surface area contributed by atoms with Crippen LogP contribution in [0.4, 0.5) is 0 Å². The number of ether oxygens (including phenoxy) is 1. The highest BCUT2D eigenvalue weighted by Gasteiger charge is 2.09. The molecule has 0 aliphatic heterocycles. The summed E-state index contributed by atoms with van der Waals surface area (Å²) in [7, 11) is 1.92. The summed E-state index contributed by atoms with van der Waals surface area (Å²) < 4.78 is 5.31. The second-order valence-electron chi connectivity index (χ2n) is 2.41. The third kappa shape index (κ3) is 2.55. The van der Waals surface area contributed by atoms with Crippen LogP contribution in [0.1, 0.15) is 18.7 Å². The smallest absolute Gasteiger partial charge is 0.0795 e. The summed E-state index contributed by atoms with van der Waals surface area (Å²) in [6.45, 7) is 3.44. The molecule has 1 heterocycles. The van der Waals surface area contributed by atoms with Gasteiger partial charge in [-0.15, -0.1) is 11.3 Å². The molecule has 0 fully saturated rings. The van der Waals surface area contributed by atoms with Gasteiger partial charge in [-0.1, -0.05) is 0 Å². The van der Waals surface area contributed by atoms with Crippen LogP contribution in [0.3, 0.4) is 0 Å². The van der Waals surface area contributed by atoms with E-state index in [9.17, 15) is 0 Å². The standard InChI is InChI=1S/C8H14N2OS/c1-3-11-4-7(9-2)8-5-12-6-10-8/h5-7,9H,3-4H2,1-2H3. The van der Waals surface area contributed by atoms with E-state index in [-0.39, 0.29) is 6.04 Å². The van der Waals surface area contributed by atoms with Crippen molar-refractivity contribution in [1.29, 1.82) is 0 Å². The fraction of sp³-hybridized carbons (Fsp3) is 0.625. The number of aromatic nitrogens is 1. The molecule has 1 aromatic rings. The average Bonchev–Trinajstić information content (AvgIpc) is 2.59. The number of hydrogen-bond acceptors (Lipinski definition) is 4. The molecule has 1 N–H and O–H groups in total. The topological polar surface area (TPSA) is 34.1 Å². The molecule has 4 heteroatoms. The van der Waals surface area contributed by atoms with Crippen molar-refractivity contribution in [3.63, 3.8) is 0 Å². The molecule has 0 aliphatic rings. The van der Waals surface area contributed by atoms with Crippen molar-refractivity contribution in [3.05, 3.63) is 16.6 Å². The van der Waals surface area contributed by atoms with Gasteiger partial charge >= 0.3 is 0 Å². The highest BCUT2D eigenvalue weighted by atomic mass is 32.1. The van der Waals surface area contributed by atoms with Gasteiger partial charge in [0.2, 0.25) is 0 Å². The summed E-state index contributed by atoms with van der Waals surface area (Å²) in [5, 5.41) is 5.20. The molecule has 0 saturated carbocycles. The van der Waals surface area contributed by atoms with Gasteiger partial charge in [-0.2, -0.15) is 0 Å². The first-order valence-corrected chi connectivity index (χ1v) is 4.95.